The first kappa shape index (κ1) is 12.9. The lowest BCUT2D eigenvalue weighted by atomic mass is 10.2. The average Bonchev–Trinajstić information content (AvgIpc) is 2.17. The number of aryl methyl sites for hydroxylation is 1. The third kappa shape index (κ3) is 8.98. The van der Waals surface area contributed by atoms with Crippen molar-refractivity contribution in [3.63, 3.8) is 0 Å². The summed E-state index contributed by atoms with van der Waals surface area (Å²) in [6.07, 6.45) is 2.94. The molecular weight excluding hydrogens is 172 g/mol. The van der Waals surface area contributed by atoms with Gasteiger partial charge in [-0.25, -0.2) is 0 Å². The lowest BCUT2D eigenvalue weighted by Crippen LogP contribution is -1.86. The molecule has 1 nitrogen and oxygen atoms in total. The van der Waals surface area contributed by atoms with Gasteiger partial charge >= 0.3 is 0 Å². The molecule has 1 aromatic carbocycles. The van der Waals surface area contributed by atoms with Gasteiger partial charge in [0.15, 0.2) is 0 Å². The standard InChI is InChI=1S/C7H8.C6H12O/c1-7-5-3-2-4-6-7;1-3-4-5-6(2)7/h2-6H,1H3;3-5H2,1-2H3. The number of hydrogen-bond donors (Lipinski definition) is 0. The van der Waals surface area contributed by atoms with Crippen LogP contribution in [0.1, 0.15) is 38.7 Å². The molecule has 0 aliphatic heterocycles. The van der Waals surface area contributed by atoms with E-state index in [9.17, 15) is 4.79 Å². The zero-order valence-corrected chi connectivity index (χ0v) is 9.42. The molecule has 1 heteroatoms. The normalized spacial score (nSPS) is 8.79. The second-order valence-corrected chi connectivity index (χ2v) is 3.46. The molecule has 0 amide bonds. The van der Waals surface area contributed by atoms with Gasteiger partial charge in [0.1, 0.15) is 5.78 Å². The predicted octanol–water partition coefficient (Wildman–Crippen LogP) is 3.76. The van der Waals surface area contributed by atoms with Crippen LogP contribution in [0.25, 0.3) is 0 Å². The van der Waals surface area contributed by atoms with Crippen molar-refractivity contribution in [3.8, 4) is 0 Å². The van der Waals surface area contributed by atoms with Crippen LogP contribution in [0.15, 0.2) is 30.3 Å². The van der Waals surface area contributed by atoms with E-state index in [2.05, 4.69) is 26.0 Å². The smallest absolute Gasteiger partial charge is 0.129 e. The van der Waals surface area contributed by atoms with Gasteiger partial charge in [-0.1, -0.05) is 49.2 Å². The maximum Gasteiger partial charge on any atom is 0.129 e. The summed E-state index contributed by atoms with van der Waals surface area (Å²) in [6.45, 7) is 5.80. The van der Waals surface area contributed by atoms with E-state index in [-0.39, 0.29) is 0 Å². The molecule has 1 rings (SSSR count). The Morgan fingerprint density at radius 3 is 2.00 bits per heavy atom. The molecule has 0 aromatic heterocycles. The van der Waals surface area contributed by atoms with Crippen molar-refractivity contribution in [3.05, 3.63) is 35.9 Å². The first-order valence-electron chi connectivity index (χ1n) is 5.18. The molecule has 0 unspecified atom stereocenters. The molecule has 0 saturated heterocycles. The molecule has 0 aliphatic rings. The second kappa shape index (κ2) is 8.49. The summed E-state index contributed by atoms with van der Waals surface area (Å²) < 4.78 is 0. The number of carbonyl (C=O) groups is 1. The van der Waals surface area contributed by atoms with E-state index in [1.54, 1.807) is 6.92 Å². The van der Waals surface area contributed by atoms with Gasteiger partial charge in [-0.05, 0) is 20.3 Å². The number of benzene rings is 1. The predicted molar refractivity (Wildman–Crippen MR) is 61.4 cm³/mol. The third-order valence-corrected chi connectivity index (χ3v) is 1.82. The van der Waals surface area contributed by atoms with Gasteiger partial charge in [-0.3, -0.25) is 0 Å². The largest absolute Gasteiger partial charge is 0.300 e. The van der Waals surface area contributed by atoms with E-state index in [0.717, 1.165) is 19.3 Å². The molecule has 1 aromatic rings. The first-order valence-corrected chi connectivity index (χ1v) is 5.18. The van der Waals surface area contributed by atoms with Crippen molar-refractivity contribution >= 4 is 5.78 Å². The molecule has 0 spiro atoms. The Morgan fingerprint density at radius 2 is 1.79 bits per heavy atom. The number of carbonyl (C=O) groups excluding carboxylic acids is 1. The summed E-state index contributed by atoms with van der Waals surface area (Å²) in [5.41, 5.74) is 1.32. The lowest BCUT2D eigenvalue weighted by molar-refractivity contribution is -0.117. The van der Waals surface area contributed by atoms with E-state index in [0.29, 0.717) is 5.78 Å². The van der Waals surface area contributed by atoms with Crippen molar-refractivity contribution in [1.82, 2.24) is 0 Å². The number of unbranched alkanes of at least 4 members (excludes halogenated alkanes) is 1. The molecular formula is C13H20O. The summed E-state index contributed by atoms with van der Waals surface area (Å²) in [5.74, 6) is 0.307. The lowest BCUT2D eigenvalue weighted by Gasteiger charge is -1.86. The molecule has 14 heavy (non-hydrogen) atoms. The van der Waals surface area contributed by atoms with Crippen molar-refractivity contribution in [1.29, 1.82) is 0 Å². The minimum Gasteiger partial charge on any atom is -0.300 e. The number of hydrogen-bond acceptors (Lipinski definition) is 1. The summed E-state index contributed by atoms with van der Waals surface area (Å²) in [5, 5.41) is 0. The Morgan fingerprint density at radius 1 is 1.21 bits per heavy atom. The summed E-state index contributed by atoms with van der Waals surface area (Å²) in [6, 6.07) is 10.3. The molecule has 0 heterocycles. The average molecular weight is 192 g/mol. The van der Waals surface area contributed by atoms with Crippen molar-refractivity contribution in [2.24, 2.45) is 0 Å². The van der Waals surface area contributed by atoms with Crippen LogP contribution in [-0.4, -0.2) is 5.78 Å². The molecule has 0 N–H and O–H groups in total. The number of Topliss-reactive ketones (excluding diaryl/α,β-unsaturated/α-hetero) is 1. The monoisotopic (exact) mass is 192 g/mol. The Labute approximate surface area is 87.2 Å². The van der Waals surface area contributed by atoms with Crippen molar-refractivity contribution in [2.75, 3.05) is 0 Å². The van der Waals surface area contributed by atoms with Crippen LogP contribution < -0.4 is 0 Å². The highest BCUT2D eigenvalue weighted by Crippen LogP contribution is 1.93. The summed E-state index contributed by atoms with van der Waals surface area (Å²) in [4.78, 5) is 10.2. The fourth-order valence-corrected chi connectivity index (χ4v) is 0.960. The maximum absolute atomic E-state index is 10.2. The SMILES string of the molecule is CCCCC(C)=O.Cc1ccccc1. The quantitative estimate of drug-likeness (QED) is 0.712. The van der Waals surface area contributed by atoms with Crippen LogP contribution in [0, 0.1) is 6.92 Å². The minimum absolute atomic E-state index is 0.307. The Bertz CT molecular complexity index is 239. The highest BCUT2D eigenvalue weighted by molar-refractivity contribution is 5.75. The Balaban J connectivity index is 0.000000241. The van der Waals surface area contributed by atoms with E-state index in [1.807, 2.05) is 18.2 Å². The molecule has 0 bridgehead atoms. The van der Waals surface area contributed by atoms with E-state index >= 15 is 0 Å². The van der Waals surface area contributed by atoms with E-state index in [1.165, 1.54) is 5.56 Å². The molecule has 0 fully saturated rings. The molecule has 0 radical (unpaired) electrons. The Hall–Kier alpha value is -1.11. The molecule has 0 atom stereocenters. The van der Waals surface area contributed by atoms with Crippen molar-refractivity contribution < 1.29 is 4.79 Å². The number of rotatable bonds is 3. The molecule has 0 aliphatic carbocycles. The highest BCUT2D eigenvalue weighted by Gasteiger charge is 1.87. The molecule has 78 valence electrons. The van der Waals surface area contributed by atoms with Crippen molar-refractivity contribution in [2.45, 2.75) is 40.0 Å². The minimum atomic E-state index is 0.307. The second-order valence-electron chi connectivity index (χ2n) is 3.46. The summed E-state index contributed by atoms with van der Waals surface area (Å²) in [7, 11) is 0. The fourth-order valence-electron chi connectivity index (χ4n) is 0.960. The van der Waals surface area contributed by atoms with Gasteiger partial charge in [-0.15, -0.1) is 0 Å². The number of ketones is 1. The van der Waals surface area contributed by atoms with Crippen LogP contribution >= 0.6 is 0 Å². The molecule has 0 saturated carbocycles. The zero-order valence-electron chi connectivity index (χ0n) is 9.42. The zero-order chi connectivity index (χ0) is 10.8. The first-order chi connectivity index (χ1) is 6.66. The maximum atomic E-state index is 10.2. The van der Waals surface area contributed by atoms with Gasteiger partial charge in [-0.2, -0.15) is 0 Å². The van der Waals surface area contributed by atoms with Gasteiger partial charge in [0, 0.05) is 6.42 Å². The van der Waals surface area contributed by atoms with E-state index < -0.39 is 0 Å². The topological polar surface area (TPSA) is 17.1 Å². The van der Waals surface area contributed by atoms with Crippen LogP contribution in [0.5, 0.6) is 0 Å². The van der Waals surface area contributed by atoms with Crippen LogP contribution in [0.4, 0.5) is 0 Å². The van der Waals surface area contributed by atoms with E-state index in [4.69, 9.17) is 0 Å². The Kier molecular flexibility index (Phi) is 7.81. The highest BCUT2D eigenvalue weighted by atomic mass is 16.1. The van der Waals surface area contributed by atoms with Gasteiger partial charge in [0.25, 0.3) is 0 Å². The summed E-state index contributed by atoms with van der Waals surface area (Å²) >= 11 is 0. The van der Waals surface area contributed by atoms with Gasteiger partial charge < -0.3 is 4.79 Å². The van der Waals surface area contributed by atoms with Gasteiger partial charge in [0.05, 0.1) is 0 Å². The van der Waals surface area contributed by atoms with Crippen LogP contribution in [0.2, 0.25) is 0 Å². The van der Waals surface area contributed by atoms with Crippen LogP contribution in [0.3, 0.4) is 0 Å². The van der Waals surface area contributed by atoms with Crippen LogP contribution in [-0.2, 0) is 4.79 Å². The third-order valence-electron chi connectivity index (χ3n) is 1.82. The fraction of sp³-hybridized carbons (Fsp3) is 0.462. The van der Waals surface area contributed by atoms with Gasteiger partial charge in [0.2, 0.25) is 0 Å².